The smallest absolute Gasteiger partial charge is 0.408 e. The third kappa shape index (κ3) is 4.27. The molecule has 2 aromatic carbocycles. The van der Waals surface area contributed by atoms with Crippen LogP contribution in [0.5, 0.6) is 0 Å². The zero-order valence-electron chi connectivity index (χ0n) is 20.0. The Labute approximate surface area is 200 Å². The van der Waals surface area contributed by atoms with Crippen molar-refractivity contribution < 1.29 is 24.2 Å². The number of nitrogens with one attached hydrogen (secondary N) is 1. The van der Waals surface area contributed by atoms with Crippen LogP contribution < -0.4 is 5.32 Å². The minimum atomic E-state index is -1.17. The Kier molecular flexibility index (Phi) is 6.39. The number of rotatable bonds is 6. The number of carboxylic acids is 1. The highest BCUT2D eigenvalue weighted by Gasteiger charge is 2.43. The number of benzene rings is 2. The van der Waals surface area contributed by atoms with Gasteiger partial charge in [-0.2, -0.15) is 0 Å². The van der Waals surface area contributed by atoms with E-state index in [-0.39, 0.29) is 18.4 Å². The largest absolute Gasteiger partial charge is 0.481 e. The van der Waals surface area contributed by atoms with E-state index >= 15 is 0 Å². The van der Waals surface area contributed by atoms with Crippen molar-refractivity contribution in [1.29, 1.82) is 0 Å². The van der Waals surface area contributed by atoms with E-state index in [2.05, 4.69) is 29.6 Å². The molecule has 0 bridgehead atoms. The molecule has 2 N–H and O–H groups in total. The molecule has 2 aliphatic rings. The van der Waals surface area contributed by atoms with Gasteiger partial charge in [0.05, 0.1) is 5.41 Å². The highest BCUT2D eigenvalue weighted by atomic mass is 16.5. The number of fused-ring (bicyclic) bond motifs is 3. The van der Waals surface area contributed by atoms with Crippen LogP contribution in [0.3, 0.4) is 0 Å². The van der Waals surface area contributed by atoms with Crippen LogP contribution in [0.15, 0.2) is 48.5 Å². The molecule has 0 aromatic heterocycles. The summed E-state index contributed by atoms with van der Waals surface area (Å²) in [6.45, 7) is 6.05. The van der Waals surface area contributed by atoms with E-state index in [4.69, 9.17) is 4.74 Å². The van der Waals surface area contributed by atoms with Gasteiger partial charge in [-0.15, -0.1) is 0 Å². The summed E-state index contributed by atoms with van der Waals surface area (Å²) >= 11 is 0. The van der Waals surface area contributed by atoms with Gasteiger partial charge >= 0.3 is 12.1 Å². The Hall–Kier alpha value is -3.35. The topological polar surface area (TPSA) is 95.9 Å². The molecule has 2 aromatic rings. The van der Waals surface area contributed by atoms with E-state index in [1.165, 1.54) is 0 Å². The lowest BCUT2D eigenvalue weighted by Crippen LogP contribution is -2.58. The normalized spacial score (nSPS) is 17.0. The Morgan fingerprint density at radius 2 is 1.56 bits per heavy atom. The molecule has 1 heterocycles. The summed E-state index contributed by atoms with van der Waals surface area (Å²) in [5.74, 6) is -1.11. The summed E-state index contributed by atoms with van der Waals surface area (Å²) in [6, 6.07) is 16.2. The highest BCUT2D eigenvalue weighted by molar-refractivity contribution is 5.89. The molecule has 1 aliphatic heterocycles. The maximum Gasteiger partial charge on any atom is 0.408 e. The number of carboxylic acid groups (broad SMARTS) is 1. The SMILES string of the molecule is CCC1(C(=O)O)CCN(C(=O)C(C)(C)NC(=O)OCC2c3ccccc3-c3ccccc32)CC1. The number of aliphatic carboxylic acids is 1. The molecule has 7 nitrogen and oxygen atoms in total. The summed E-state index contributed by atoms with van der Waals surface area (Å²) in [4.78, 5) is 39.1. The van der Waals surface area contributed by atoms with E-state index in [1.807, 2.05) is 31.2 Å². The molecule has 0 atom stereocenters. The van der Waals surface area contributed by atoms with Crippen LogP contribution >= 0.6 is 0 Å². The van der Waals surface area contributed by atoms with Gasteiger partial charge in [0.2, 0.25) is 5.91 Å². The van der Waals surface area contributed by atoms with Crippen molar-refractivity contribution >= 4 is 18.0 Å². The first-order valence-electron chi connectivity index (χ1n) is 11.8. The predicted molar refractivity (Wildman–Crippen MR) is 128 cm³/mol. The Balaban J connectivity index is 1.37. The quantitative estimate of drug-likeness (QED) is 0.660. The summed E-state index contributed by atoms with van der Waals surface area (Å²) < 4.78 is 5.60. The van der Waals surface area contributed by atoms with Crippen molar-refractivity contribution in [2.24, 2.45) is 5.41 Å². The number of carbonyl (C=O) groups is 3. The van der Waals surface area contributed by atoms with Gasteiger partial charge in [0.1, 0.15) is 12.1 Å². The van der Waals surface area contributed by atoms with Gasteiger partial charge in [0.15, 0.2) is 0 Å². The lowest BCUT2D eigenvalue weighted by atomic mass is 9.76. The van der Waals surface area contributed by atoms with Gasteiger partial charge in [0.25, 0.3) is 0 Å². The Morgan fingerprint density at radius 3 is 2.06 bits per heavy atom. The molecule has 2 amide bonds. The molecule has 0 radical (unpaired) electrons. The molecule has 0 spiro atoms. The van der Waals surface area contributed by atoms with Gasteiger partial charge < -0.3 is 20.1 Å². The highest BCUT2D eigenvalue weighted by Crippen LogP contribution is 2.44. The fourth-order valence-corrected chi connectivity index (χ4v) is 5.19. The number of hydrogen-bond donors (Lipinski definition) is 2. The van der Waals surface area contributed by atoms with Crippen LogP contribution in [0.1, 0.15) is 57.1 Å². The monoisotopic (exact) mass is 464 g/mol. The number of likely N-dealkylation sites (tertiary alicyclic amines) is 1. The van der Waals surface area contributed by atoms with E-state index in [9.17, 15) is 19.5 Å². The fraction of sp³-hybridized carbons (Fsp3) is 0.444. The zero-order chi connectivity index (χ0) is 24.5. The second-order valence-electron chi connectivity index (χ2n) is 9.81. The van der Waals surface area contributed by atoms with Gasteiger partial charge in [-0.25, -0.2) is 4.79 Å². The van der Waals surface area contributed by atoms with Crippen LogP contribution in [0.4, 0.5) is 4.79 Å². The van der Waals surface area contributed by atoms with Crippen LogP contribution in [-0.4, -0.2) is 53.2 Å². The van der Waals surface area contributed by atoms with Crippen molar-refractivity contribution in [3.63, 3.8) is 0 Å². The summed E-state index contributed by atoms with van der Waals surface area (Å²) in [5, 5.41) is 12.3. The minimum Gasteiger partial charge on any atom is -0.481 e. The van der Waals surface area contributed by atoms with Gasteiger partial charge in [0, 0.05) is 19.0 Å². The fourth-order valence-electron chi connectivity index (χ4n) is 5.19. The molecule has 0 saturated carbocycles. The molecule has 1 saturated heterocycles. The molecular weight excluding hydrogens is 432 g/mol. The van der Waals surface area contributed by atoms with Crippen molar-refractivity contribution in [3.05, 3.63) is 59.7 Å². The van der Waals surface area contributed by atoms with Crippen molar-refractivity contribution in [3.8, 4) is 11.1 Å². The summed E-state index contributed by atoms with van der Waals surface area (Å²) in [5.41, 5.74) is 2.60. The number of hydrogen-bond acceptors (Lipinski definition) is 4. The second kappa shape index (κ2) is 9.12. The number of alkyl carbamates (subject to hydrolysis) is 1. The van der Waals surface area contributed by atoms with Crippen LogP contribution in [0, 0.1) is 5.41 Å². The minimum absolute atomic E-state index is 0.0581. The molecule has 7 heteroatoms. The molecule has 34 heavy (non-hydrogen) atoms. The van der Waals surface area contributed by atoms with Crippen LogP contribution in [0.25, 0.3) is 11.1 Å². The Morgan fingerprint density at radius 1 is 1.03 bits per heavy atom. The van der Waals surface area contributed by atoms with E-state index < -0.39 is 23.0 Å². The van der Waals surface area contributed by atoms with Gasteiger partial charge in [-0.1, -0.05) is 55.5 Å². The molecular formula is C27H32N2O5. The molecule has 4 rings (SSSR count). The number of nitrogens with zero attached hydrogens (tertiary/aromatic N) is 1. The average Bonchev–Trinajstić information content (AvgIpc) is 3.15. The summed E-state index contributed by atoms with van der Waals surface area (Å²) in [7, 11) is 0. The number of carbonyl (C=O) groups excluding carboxylic acids is 2. The maximum atomic E-state index is 13.1. The number of piperidine rings is 1. The first-order valence-corrected chi connectivity index (χ1v) is 11.8. The van der Waals surface area contributed by atoms with E-state index in [0.29, 0.717) is 32.4 Å². The van der Waals surface area contributed by atoms with E-state index in [0.717, 1.165) is 22.3 Å². The Bertz CT molecular complexity index is 1060. The first-order chi connectivity index (χ1) is 16.2. The summed E-state index contributed by atoms with van der Waals surface area (Å²) in [6.07, 6.45) is 0.703. The van der Waals surface area contributed by atoms with Gasteiger partial charge in [-0.3, -0.25) is 9.59 Å². The third-order valence-corrected chi connectivity index (χ3v) is 7.43. The third-order valence-electron chi connectivity index (χ3n) is 7.43. The second-order valence-corrected chi connectivity index (χ2v) is 9.81. The van der Waals surface area contributed by atoms with Crippen molar-refractivity contribution in [2.45, 2.75) is 51.5 Å². The van der Waals surface area contributed by atoms with Crippen molar-refractivity contribution in [1.82, 2.24) is 10.2 Å². The average molecular weight is 465 g/mol. The molecule has 1 fully saturated rings. The van der Waals surface area contributed by atoms with E-state index in [1.54, 1.807) is 18.7 Å². The van der Waals surface area contributed by atoms with Gasteiger partial charge in [-0.05, 0) is 55.4 Å². The standard InChI is InChI=1S/C27H32N2O5/c1-4-27(24(31)32)13-15-29(16-14-27)23(30)26(2,3)28-25(33)34-17-22-20-11-7-5-9-18(20)19-10-6-8-12-21(19)22/h5-12,22H,4,13-17H2,1-3H3,(H,28,33)(H,31,32). The lowest BCUT2D eigenvalue weighted by Gasteiger charge is -2.41. The molecule has 0 unspecified atom stereocenters. The number of ether oxygens (including phenoxy) is 1. The van der Waals surface area contributed by atoms with Crippen molar-refractivity contribution in [2.75, 3.05) is 19.7 Å². The van der Waals surface area contributed by atoms with Crippen LogP contribution in [-0.2, 0) is 14.3 Å². The zero-order valence-corrected chi connectivity index (χ0v) is 20.0. The maximum absolute atomic E-state index is 13.1. The van der Waals surface area contributed by atoms with Crippen LogP contribution in [0.2, 0.25) is 0 Å². The first kappa shape index (κ1) is 23.8. The molecule has 180 valence electrons. The number of amides is 2. The lowest BCUT2D eigenvalue weighted by molar-refractivity contribution is -0.155. The molecule has 1 aliphatic carbocycles. The predicted octanol–water partition coefficient (Wildman–Crippen LogP) is 4.41.